The van der Waals surface area contributed by atoms with Crippen molar-refractivity contribution in [2.75, 3.05) is 6.61 Å². The number of thiazole rings is 1. The van der Waals surface area contributed by atoms with E-state index in [0.717, 1.165) is 37.0 Å². The fourth-order valence-corrected chi connectivity index (χ4v) is 4.33. The van der Waals surface area contributed by atoms with E-state index < -0.39 is 0 Å². The number of nitrogens with zero attached hydrogens (tertiary/aromatic N) is 3. The van der Waals surface area contributed by atoms with Crippen LogP contribution < -0.4 is 20.4 Å². The first-order valence-electron chi connectivity index (χ1n) is 9.95. The third-order valence-corrected chi connectivity index (χ3v) is 5.89. The van der Waals surface area contributed by atoms with Crippen LogP contribution in [0.5, 0.6) is 5.75 Å². The molecule has 2 heterocycles. The van der Waals surface area contributed by atoms with Gasteiger partial charge in [0.1, 0.15) is 11.4 Å². The summed E-state index contributed by atoms with van der Waals surface area (Å²) in [6, 6.07) is 7.57. The van der Waals surface area contributed by atoms with Crippen LogP contribution in [0.15, 0.2) is 46.0 Å². The zero-order chi connectivity index (χ0) is 20.2. The Morgan fingerprint density at radius 3 is 2.79 bits per heavy atom. The van der Waals surface area contributed by atoms with E-state index >= 15 is 0 Å². The first kappa shape index (κ1) is 19.5. The Kier molecular flexibility index (Phi) is 5.85. The second-order valence-corrected chi connectivity index (χ2v) is 8.22. The van der Waals surface area contributed by atoms with Gasteiger partial charge in [0.2, 0.25) is 4.96 Å². The van der Waals surface area contributed by atoms with Gasteiger partial charge in [-0.05, 0) is 49.3 Å². The van der Waals surface area contributed by atoms with Crippen molar-refractivity contribution in [2.45, 2.75) is 39.0 Å². The number of rotatable bonds is 6. The molecule has 29 heavy (non-hydrogen) atoms. The molecule has 0 N–H and O–H groups in total. The van der Waals surface area contributed by atoms with Crippen molar-refractivity contribution in [1.82, 2.24) is 14.6 Å². The standard InChI is InChI=1S/C22H23N3O3S/c1-2-12-28-17-10-8-16(9-11-17)13-18-20(26)23-22-25(24-18)21(27)19(29-22)14-15-6-4-3-5-7-15/h3-4,8-11,14-15H,2,5-7,12-13H2,1H3/b19-14+. The van der Waals surface area contributed by atoms with Gasteiger partial charge in [-0.2, -0.15) is 14.6 Å². The van der Waals surface area contributed by atoms with Gasteiger partial charge < -0.3 is 4.74 Å². The third kappa shape index (κ3) is 4.45. The van der Waals surface area contributed by atoms with Gasteiger partial charge in [-0.1, -0.05) is 48.6 Å². The molecular weight excluding hydrogens is 386 g/mol. The SMILES string of the molecule is CCCOc1ccc(Cc2nn3c(=O)/c(=C\C4CC=CCC4)sc3nc2=O)cc1. The molecule has 0 saturated heterocycles. The Balaban J connectivity index is 1.62. The molecule has 1 unspecified atom stereocenters. The summed E-state index contributed by atoms with van der Waals surface area (Å²) in [5, 5.41) is 4.33. The quantitative estimate of drug-likeness (QED) is 0.586. The van der Waals surface area contributed by atoms with Crippen LogP contribution in [0.2, 0.25) is 0 Å². The highest BCUT2D eigenvalue weighted by Gasteiger charge is 2.13. The van der Waals surface area contributed by atoms with E-state index in [1.807, 2.05) is 30.3 Å². The molecule has 3 aromatic rings. The summed E-state index contributed by atoms with van der Waals surface area (Å²) in [6.07, 6.45) is 10.6. The fourth-order valence-electron chi connectivity index (χ4n) is 3.37. The van der Waals surface area contributed by atoms with E-state index in [9.17, 15) is 9.59 Å². The number of benzene rings is 1. The Hall–Kier alpha value is -2.80. The third-order valence-electron chi connectivity index (χ3n) is 4.91. The fraction of sp³-hybridized carbons (Fsp3) is 0.364. The van der Waals surface area contributed by atoms with Gasteiger partial charge >= 0.3 is 0 Å². The maximum atomic E-state index is 12.8. The predicted molar refractivity (Wildman–Crippen MR) is 115 cm³/mol. The van der Waals surface area contributed by atoms with Crippen LogP contribution in [0, 0.1) is 5.92 Å². The van der Waals surface area contributed by atoms with Gasteiger partial charge in [0.15, 0.2) is 0 Å². The van der Waals surface area contributed by atoms with Gasteiger partial charge in [0, 0.05) is 6.42 Å². The van der Waals surface area contributed by atoms with Gasteiger partial charge in [-0.3, -0.25) is 9.59 Å². The molecule has 4 rings (SSSR count). The minimum atomic E-state index is -0.385. The average molecular weight is 410 g/mol. The number of allylic oxidation sites excluding steroid dienone is 2. The van der Waals surface area contributed by atoms with Crippen molar-refractivity contribution in [3.8, 4) is 5.75 Å². The Morgan fingerprint density at radius 2 is 2.07 bits per heavy atom. The molecule has 0 fully saturated rings. The maximum absolute atomic E-state index is 12.8. The lowest BCUT2D eigenvalue weighted by Gasteiger charge is -2.11. The highest BCUT2D eigenvalue weighted by Crippen LogP contribution is 2.19. The number of hydrogen-bond acceptors (Lipinski definition) is 6. The lowest BCUT2D eigenvalue weighted by atomic mass is 9.94. The smallest absolute Gasteiger partial charge is 0.296 e. The molecular formula is C22H23N3O3S. The minimum absolute atomic E-state index is 0.198. The molecule has 1 atom stereocenters. The first-order chi connectivity index (χ1) is 14.1. The second kappa shape index (κ2) is 8.69. The van der Waals surface area contributed by atoms with Crippen molar-refractivity contribution < 1.29 is 4.74 Å². The summed E-state index contributed by atoms with van der Waals surface area (Å²) < 4.78 is 7.46. The molecule has 1 aliphatic rings. The van der Waals surface area contributed by atoms with E-state index in [2.05, 4.69) is 29.2 Å². The summed E-state index contributed by atoms with van der Waals surface area (Å²) in [5.74, 6) is 1.15. The zero-order valence-electron chi connectivity index (χ0n) is 16.3. The minimum Gasteiger partial charge on any atom is -0.494 e. The summed E-state index contributed by atoms with van der Waals surface area (Å²) >= 11 is 1.24. The molecule has 6 nitrogen and oxygen atoms in total. The Morgan fingerprint density at radius 1 is 1.24 bits per heavy atom. The van der Waals surface area contributed by atoms with Gasteiger partial charge in [-0.15, -0.1) is 0 Å². The molecule has 0 saturated carbocycles. The van der Waals surface area contributed by atoms with E-state index in [0.29, 0.717) is 28.4 Å². The van der Waals surface area contributed by atoms with Crippen LogP contribution in [0.3, 0.4) is 0 Å². The molecule has 0 aliphatic heterocycles. The van der Waals surface area contributed by atoms with E-state index in [-0.39, 0.29) is 16.8 Å². The number of ether oxygens (including phenoxy) is 1. The molecule has 2 aromatic heterocycles. The van der Waals surface area contributed by atoms with Crippen molar-refractivity contribution in [1.29, 1.82) is 0 Å². The monoisotopic (exact) mass is 409 g/mol. The molecule has 0 radical (unpaired) electrons. The topological polar surface area (TPSA) is 73.6 Å². The molecule has 1 aliphatic carbocycles. The number of fused-ring (bicyclic) bond motifs is 1. The first-order valence-corrected chi connectivity index (χ1v) is 10.8. The van der Waals surface area contributed by atoms with Crippen molar-refractivity contribution >= 4 is 22.4 Å². The van der Waals surface area contributed by atoms with Crippen LogP contribution in [0.1, 0.15) is 43.9 Å². The highest BCUT2D eigenvalue weighted by atomic mass is 32.1. The van der Waals surface area contributed by atoms with E-state index in [1.54, 1.807) is 0 Å². The van der Waals surface area contributed by atoms with Crippen molar-refractivity contribution in [3.05, 3.63) is 72.9 Å². The molecule has 7 heteroatoms. The van der Waals surface area contributed by atoms with E-state index in [4.69, 9.17) is 4.74 Å². The van der Waals surface area contributed by atoms with Gasteiger partial charge in [0.25, 0.3) is 11.1 Å². The van der Waals surface area contributed by atoms with Gasteiger partial charge in [-0.25, -0.2) is 0 Å². The van der Waals surface area contributed by atoms with Crippen LogP contribution in [-0.2, 0) is 6.42 Å². The summed E-state index contributed by atoms with van der Waals surface area (Å²) in [5.41, 5.74) is 0.608. The second-order valence-electron chi connectivity index (χ2n) is 7.21. The van der Waals surface area contributed by atoms with Crippen molar-refractivity contribution in [3.63, 3.8) is 0 Å². The van der Waals surface area contributed by atoms with Gasteiger partial charge in [0.05, 0.1) is 11.1 Å². The summed E-state index contributed by atoms with van der Waals surface area (Å²) in [4.78, 5) is 29.7. The maximum Gasteiger partial charge on any atom is 0.296 e. The van der Waals surface area contributed by atoms with Crippen LogP contribution >= 0.6 is 11.3 Å². The molecule has 150 valence electrons. The number of aromatic nitrogens is 3. The molecule has 0 amide bonds. The van der Waals surface area contributed by atoms with Crippen LogP contribution in [0.25, 0.3) is 11.0 Å². The Bertz CT molecular complexity index is 1190. The summed E-state index contributed by atoms with van der Waals surface area (Å²) in [6.45, 7) is 2.73. The highest BCUT2D eigenvalue weighted by molar-refractivity contribution is 7.14. The molecule has 1 aromatic carbocycles. The lowest BCUT2D eigenvalue weighted by molar-refractivity contribution is 0.317. The summed E-state index contributed by atoms with van der Waals surface area (Å²) in [7, 11) is 0. The van der Waals surface area contributed by atoms with Crippen LogP contribution in [-0.4, -0.2) is 21.2 Å². The normalized spacial score (nSPS) is 17.1. The number of hydrogen-bond donors (Lipinski definition) is 0. The van der Waals surface area contributed by atoms with Crippen LogP contribution in [0.4, 0.5) is 0 Å². The molecule has 0 bridgehead atoms. The lowest BCUT2D eigenvalue weighted by Crippen LogP contribution is -2.28. The average Bonchev–Trinajstić information content (AvgIpc) is 3.03. The van der Waals surface area contributed by atoms with E-state index in [1.165, 1.54) is 15.9 Å². The Labute approximate surface area is 172 Å². The molecule has 0 spiro atoms. The predicted octanol–water partition coefficient (Wildman–Crippen LogP) is 2.75. The largest absolute Gasteiger partial charge is 0.494 e. The zero-order valence-corrected chi connectivity index (χ0v) is 17.2. The van der Waals surface area contributed by atoms with Crippen molar-refractivity contribution in [2.24, 2.45) is 5.92 Å².